The largest absolute Gasteiger partial charge is 0.416 e. The Hall–Kier alpha value is -2.14. The number of rotatable bonds is 5. The van der Waals surface area contributed by atoms with E-state index in [4.69, 9.17) is 0 Å². The number of piperazine rings is 1. The predicted octanol–water partition coefficient (Wildman–Crippen LogP) is 1.59. The van der Waals surface area contributed by atoms with Gasteiger partial charge < -0.3 is 10.2 Å². The van der Waals surface area contributed by atoms with Crippen molar-refractivity contribution in [3.63, 3.8) is 0 Å². The zero-order valence-corrected chi connectivity index (χ0v) is 17.4. The zero-order chi connectivity index (χ0) is 22.2. The number of nitrogens with one attached hydrogen (secondary N) is 1. The Labute approximate surface area is 167 Å². The molecule has 1 aromatic rings. The van der Waals surface area contributed by atoms with Gasteiger partial charge in [0.25, 0.3) is 0 Å². The standard InChI is InChI=1S/C18H24F3N3O4S/c1-12(2)22-16(26)17(3)11-23(29(4,27)28)10-15(25)24(17)9-13-6-5-7-14(8-13)18(19,20)21/h5-8,12H,9-11H2,1-4H3,(H,22,26). The molecule has 1 aromatic carbocycles. The quantitative estimate of drug-likeness (QED) is 0.761. The summed E-state index contributed by atoms with van der Waals surface area (Å²) in [5.74, 6) is -1.25. The van der Waals surface area contributed by atoms with E-state index in [1.807, 2.05) is 0 Å². The molecular formula is C18H24F3N3O4S. The van der Waals surface area contributed by atoms with Crippen molar-refractivity contribution < 1.29 is 31.2 Å². The van der Waals surface area contributed by atoms with Crippen LogP contribution >= 0.6 is 0 Å². The third kappa shape index (κ3) is 5.27. The van der Waals surface area contributed by atoms with E-state index in [0.29, 0.717) is 0 Å². The Morgan fingerprint density at radius 2 is 1.93 bits per heavy atom. The van der Waals surface area contributed by atoms with Gasteiger partial charge in [0.05, 0.1) is 18.4 Å². The third-order valence-corrected chi connectivity index (χ3v) is 5.86. The molecule has 1 saturated heterocycles. The molecule has 11 heteroatoms. The first-order valence-corrected chi connectivity index (χ1v) is 10.7. The van der Waals surface area contributed by atoms with E-state index in [2.05, 4.69) is 5.32 Å². The molecule has 29 heavy (non-hydrogen) atoms. The number of hydrogen-bond donors (Lipinski definition) is 1. The summed E-state index contributed by atoms with van der Waals surface area (Å²) < 4.78 is 63.9. The molecule has 1 atom stereocenters. The van der Waals surface area contributed by atoms with Gasteiger partial charge in [0, 0.05) is 19.1 Å². The number of sulfonamides is 1. The average molecular weight is 435 g/mol. The Morgan fingerprint density at radius 1 is 1.31 bits per heavy atom. The van der Waals surface area contributed by atoms with Gasteiger partial charge in [0.1, 0.15) is 5.54 Å². The number of alkyl halides is 3. The van der Waals surface area contributed by atoms with Crippen molar-refractivity contribution in [2.45, 2.75) is 45.1 Å². The third-order valence-electron chi connectivity index (χ3n) is 4.67. The van der Waals surface area contributed by atoms with Crippen LogP contribution < -0.4 is 5.32 Å². The molecule has 0 aliphatic carbocycles. The van der Waals surface area contributed by atoms with E-state index < -0.39 is 45.7 Å². The van der Waals surface area contributed by atoms with Crippen molar-refractivity contribution in [2.75, 3.05) is 19.3 Å². The van der Waals surface area contributed by atoms with Gasteiger partial charge in [-0.3, -0.25) is 9.59 Å². The Bertz CT molecular complexity index is 902. The lowest BCUT2D eigenvalue weighted by Crippen LogP contribution is -2.69. The molecule has 162 valence electrons. The van der Waals surface area contributed by atoms with Gasteiger partial charge in [-0.1, -0.05) is 12.1 Å². The molecule has 0 saturated carbocycles. The molecule has 1 fully saturated rings. The molecule has 1 N–H and O–H groups in total. The number of halogens is 3. The number of benzene rings is 1. The minimum Gasteiger partial charge on any atom is -0.352 e. The van der Waals surface area contributed by atoms with E-state index in [-0.39, 0.29) is 24.7 Å². The summed E-state index contributed by atoms with van der Waals surface area (Å²) in [6, 6.07) is 4.19. The zero-order valence-electron chi connectivity index (χ0n) is 16.6. The first kappa shape index (κ1) is 23.1. The van der Waals surface area contributed by atoms with Crippen LogP contribution in [0, 0.1) is 0 Å². The topological polar surface area (TPSA) is 86.8 Å². The lowest BCUT2D eigenvalue weighted by Gasteiger charge is -2.46. The highest BCUT2D eigenvalue weighted by atomic mass is 32.2. The predicted molar refractivity (Wildman–Crippen MR) is 100 cm³/mol. The van der Waals surface area contributed by atoms with Crippen molar-refractivity contribution >= 4 is 21.8 Å². The lowest BCUT2D eigenvalue weighted by atomic mass is 9.94. The van der Waals surface area contributed by atoms with E-state index in [1.54, 1.807) is 13.8 Å². The summed E-state index contributed by atoms with van der Waals surface area (Å²) in [5.41, 5.74) is -2.27. The highest BCUT2D eigenvalue weighted by Crippen LogP contribution is 2.31. The van der Waals surface area contributed by atoms with Crippen LogP contribution in [0.3, 0.4) is 0 Å². The molecule has 2 rings (SSSR count). The smallest absolute Gasteiger partial charge is 0.352 e. The Balaban J connectivity index is 2.44. The Kier molecular flexibility index (Phi) is 6.34. The van der Waals surface area contributed by atoms with Crippen LogP contribution in [0.1, 0.15) is 31.9 Å². The van der Waals surface area contributed by atoms with Crippen LogP contribution in [0.25, 0.3) is 0 Å². The number of nitrogens with zero attached hydrogens (tertiary/aromatic N) is 2. The normalized spacial score (nSPS) is 21.5. The second kappa shape index (κ2) is 7.94. The number of carbonyl (C=O) groups is 2. The second-order valence-corrected chi connectivity index (χ2v) is 9.59. The molecule has 1 aliphatic heterocycles. The first-order chi connectivity index (χ1) is 13.1. The van der Waals surface area contributed by atoms with Gasteiger partial charge in [0.2, 0.25) is 21.8 Å². The molecule has 0 radical (unpaired) electrons. The summed E-state index contributed by atoms with van der Waals surface area (Å²) in [6.07, 6.45) is -3.61. The molecular weight excluding hydrogens is 411 g/mol. The maximum Gasteiger partial charge on any atom is 0.416 e. The minimum absolute atomic E-state index is 0.185. The lowest BCUT2D eigenvalue weighted by molar-refractivity contribution is -0.153. The van der Waals surface area contributed by atoms with Gasteiger partial charge in [-0.2, -0.15) is 17.5 Å². The fourth-order valence-corrected chi connectivity index (χ4v) is 3.96. The van der Waals surface area contributed by atoms with Crippen LogP contribution in [0.5, 0.6) is 0 Å². The molecule has 0 aromatic heterocycles. The fraction of sp³-hybridized carbons (Fsp3) is 0.556. The maximum absolute atomic E-state index is 13.0. The molecule has 7 nitrogen and oxygen atoms in total. The van der Waals surface area contributed by atoms with E-state index in [1.165, 1.54) is 19.1 Å². The van der Waals surface area contributed by atoms with Gasteiger partial charge in [0.15, 0.2) is 0 Å². The second-order valence-electron chi connectivity index (χ2n) is 7.61. The average Bonchev–Trinajstić information content (AvgIpc) is 2.56. The van der Waals surface area contributed by atoms with Crippen LogP contribution in [-0.4, -0.2) is 60.4 Å². The van der Waals surface area contributed by atoms with Crippen molar-refractivity contribution in [1.82, 2.24) is 14.5 Å². The summed E-state index contributed by atoms with van der Waals surface area (Å²) >= 11 is 0. The highest BCUT2D eigenvalue weighted by Gasteiger charge is 2.49. The van der Waals surface area contributed by atoms with E-state index in [9.17, 15) is 31.2 Å². The van der Waals surface area contributed by atoms with E-state index in [0.717, 1.165) is 27.6 Å². The SMILES string of the molecule is CC(C)NC(=O)C1(C)CN(S(C)(=O)=O)CC(=O)N1Cc1cccc(C(F)(F)F)c1. The maximum atomic E-state index is 13.0. The van der Waals surface area contributed by atoms with Crippen molar-refractivity contribution in [2.24, 2.45) is 0 Å². The van der Waals surface area contributed by atoms with Gasteiger partial charge in [-0.05, 0) is 38.5 Å². The Morgan fingerprint density at radius 3 is 2.45 bits per heavy atom. The molecule has 1 unspecified atom stereocenters. The minimum atomic E-state index is -4.55. The number of hydrogen-bond acceptors (Lipinski definition) is 4. The highest BCUT2D eigenvalue weighted by molar-refractivity contribution is 7.88. The first-order valence-electron chi connectivity index (χ1n) is 8.87. The summed E-state index contributed by atoms with van der Waals surface area (Å²) in [7, 11) is -3.76. The summed E-state index contributed by atoms with van der Waals surface area (Å²) in [4.78, 5) is 26.8. The van der Waals surface area contributed by atoms with Crippen LogP contribution in [-0.2, 0) is 32.3 Å². The number of amides is 2. The van der Waals surface area contributed by atoms with Gasteiger partial charge in [-0.15, -0.1) is 0 Å². The molecule has 0 spiro atoms. The fourth-order valence-electron chi connectivity index (χ4n) is 3.13. The van der Waals surface area contributed by atoms with Crippen molar-refractivity contribution in [1.29, 1.82) is 0 Å². The van der Waals surface area contributed by atoms with Crippen molar-refractivity contribution in [3.05, 3.63) is 35.4 Å². The van der Waals surface area contributed by atoms with Gasteiger partial charge in [-0.25, -0.2) is 8.42 Å². The molecule has 1 aliphatic rings. The summed E-state index contributed by atoms with van der Waals surface area (Å²) in [6.45, 7) is 3.78. The van der Waals surface area contributed by atoms with Crippen molar-refractivity contribution in [3.8, 4) is 0 Å². The van der Waals surface area contributed by atoms with Crippen LogP contribution in [0.4, 0.5) is 13.2 Å². The van der Waals surface area contributed by atoms with Crippen LogP contribution in [0.15, 0.2) is 24.3 Å². The number of carbonyl (C=O) groups excluding carboxylic acids is 2. The van der Waals surface area contributed by atoms with Gasteiger partial charge >= 0.3 is 6.18 Å². The van der Waals surface area contributed by atoms with Crippen LogP contribution in [0.2, 0.25) is 0 Å². The summed E-state index contributed by atoms with van der Waals surface area (Å²) in [5, 5.41) is 2.66. The molecule has 1 heterocycles. The molecule has 2 amide bonds. The van der Waals surface area contributed by atoms with E-state index >= 15 is 0 Å². The monoisotopic (exact) mass is 435 g/mol. The molecule has 0 bridgehead atoms.